The molecule has 1 aromatic carbocycles. The van der Waals surface area contributed by atoms with Crippen LogP contribution in [0.2, 0.25) is 0 Å². The molecule has 1 aliphatic heterocycles. The maximum absolute atomic E-state index is 12.7. The predicted octanol–water partition coefficient (Wildman–Crippen LogP) is 2.32. The molecule has 0 atom stereocenters. The number of Topliss-reactive ketones (excluding diaryl/α,β-unsaturated/α-hetero) is 1. The van der Waals surface area contributed by atoms with Crippen molar-refractivity contribution in [2.45, 2.75) is 13.8 Å². The maximum atomic E-state index is 12.7. The summed E-state index contributed by atoms with van der Waals surface area (Å²) in [6, 6.07) is 12.9. The molecule has 24 heavy (non-hydrogen) atoms. The fourth-order valence-electron chi connectivity index (χ4n) is 3.26. The molecule has 0 bridgehead atoms. The van der Waals surface area contributed by atoms with Gasteiger partial charge >= 0.3 is 0 Å². The first kappa shape index (κ1) is 19.1. The van der Waals surface area contributed by atoms with Gasteiger partial charge in [-0.05, 0) is 27.0 Å². The fourth-order valence-corrected chi connectivity index (χ4v) is 3.26. The van der Waals surface area contributed by atoms with Crippen LogP contribution >= 0.6 is 0 Å². The molecule has 2 aromatic rings. The Bertz CT molecular complexity index is 688. The van der Waals surface area contributed by atoms with Gasteiger partial charge in [-0.2, -0.15) is 18.2 Å². The number of aromatic nitrogens is 1. The Labute approximate surface area is 158 Å². The van der Waals surface area contributed by atoms with Crippen LogP contribution in [0.3, 0.4) is 0 Å². The van der Waals surface area contributed by atoms with Crippen molar-refractivity contribution in [3.63, 3.8) is 0 Å². The van der Waals surface area contributed by atoms with E-state index in [2.05, 4.69) is 34.4 Å². The van der Waals surface area contributed by atoms with Crippen molar-refractivity contribution in [3.8, 4) is 5.69 Å². The quantitative estimate of drug-likeness (QED) is 0.483. The number of hydrogen-bond donors (Lipinski definition) is 0. The van der Waals surface area contributed by atoms with Crippen LogP contribution in [0, 0.1) is 19.9 Å². The van der Waals surface area contributed by atoms with Crippen LogP contribution < -0.4 is 0 Å². The molecule has 1 fully saturated rings. The van der Waals surface area contributed by atoms with E-state index in [-0.39, 0.29) is 26.8 Å². The second-order valence-corrected chi connectivity index (χ2v) is 6.38. The van der Waals surface area contributed by atoms with E-state index < -0.39 is 0 Å². The molecule has 0 unspecified atom stereocenters. The largest absolute Gasteiger partial charge is 0.341 e. The molecule has 0 amide bonds. The zero-order chi connectivity index (χ0) is 16.4. The minimum atomic E-state index is 0. The van der Waals surface area contributed by atoms with E-state index in [1.54, 1.807) is 0 Å². The maximum Gasteiger partial charge on any atom is 0.178 e. The molecule has 0 aliphatic carbocycles. The third-order valence-electron chi connectivity index (χ3n) is 4.65. The number of nitrogens with zero attached hydrogens (tertiary/aromatic N) is 3. The number of piperazine rings is 1. The van der Waals surface area contributed by atoms with Crippen LogP contribution in [0.4, 0.5) is 0 Å². The van der Waals surface area contributed by atoms with Crippen LogP contribution in [-0.4, -0.2) is 59.9 Å². The van der Waals surface area contributed by atoms with Gasteiger partial charge < -0.3 is 9.47 Å². The Balaban J connectivity index is 0.00000208. The summed E-state index contributed by atoms with van der Waals surface area (Å²) in [6.45, 7) is 8.60. The molecule has 0 saturated carbocycles. The number of ketones is 1. The van der Waals surface area contributed by atoms with Crippen LogP contribution in [0.15, 0.2) is 30.3 Å². The molecule has 128 valence electrons. The summed E-state index contributed by atoms with van der Waals surface area (Å²) in [4.78, 5) is 17.3. The second kappa shape index (κ2) is 8.24. The van der Waals surface area contributed by atoms with Gasteiger partial charge in [0.05, 0.1) is 6.54 Å². The van der Waals surface area contributed by atoms with Gasteiger partial charge in [-0.15, -0.1) is 12.1 Å². The molecule has 0 spiro atoms. The third-order valence-corrected chi connectivity index (χ3v) is 4.65. The second-order valence-electron chi connectivity index (χ2n) is 6.38. The topological polar surface area (TPSA) is 28.5 Å². The summed E-state index contributed by atoms with van der Waals surface area (Å²) >= 11 is 0. The molecular weight excluding hydrogens is 470 g/mol. The summed E-state index contributed by atoms with van der Waals surface area (Å²) in [7, 11) is 2.13. The summed E-state index contributed by atoms with van der Waals surface area (Å²) in [5, 5.41) is 0. The number of likely N-dealkylation sites (N-methyl/N-ethyl adjacent to an activating group) is 1. The summed E-state index contributed by atoms with van der Waals surface area (Å²) < 4.78 is 2.14. The Morgan fingerprint density at radius 2 is 1.75 bits per heavy atom. The third kappa shape index (κ3) is 4.05. The zero-order valence-corrected chi connectivity index (χ0v) is 17.5. The van der Waals surface area contributed by atoms with Gasteiger partial charge in [0.2, 0.25) is 0 Å². The molecule has 5 heteroatoms. The van der Waals surface area contributed by atoms with E-state index in [0.29, 0.717) is 6.54 Å². The van der Waals surface area contributed by atoms with Gasteiger partial charge in [0, 0.05) is 64.2 Å². The monoisotopic (exact) mass is 494 g/mol. The van der Waals surface area contributed by atoms with Crippen molar-refractivity contribution < 1.29 is 25.9 Å². The summed E-state index contributed by atoms with van der Waals surface area (Å²) in [5.41, 5.74) is 4.04. The van der Waals surface area contributed by atoms with Crippen LogP contribution in [-0.2, 0) is 21.1 Å². The molecule has 0 radical (unpaired) electrons. The first-order valence-electron chi connectivity index (χ1n) is 8.16. The van der Waals surface area contributed by atoms with Gasteiger partial charge in [0.1, 0.15) is 0 Å². The van der Waals surface area contributed by atoms with Gasteiger partial charge in [0.25, 0.3) is 0 Å². The Morgan fingerprint density at radius 3 is 2.38 bits per heavy atom. The number of carbonyl (C=O) groups is 1. The molecular formula is C19H24N3OW-. The van der Waals surface area contributed by atoms with Crippen molar-refractivity contribution >= 4 is 5.78 Å². The number of aryl methyl sites for hydroxylation is 1. The molecule has 1 aromatic heterocycles. The van der Waals surface area contributed by atoms with E-state index in [1.165, 1.54) is 0 Å². The first-order chi connectivity index (χ1) is 11.1. The normalized spacial score (nSPS) is 16.0. The number of hydrogen-bond acceptors (Lipinski definition) is 3. The van der Waals surface area contributed by atoms with E-state index in [9.17, 15) is 4.79 Å². The molecule has 4 nitrogen and oxygen atoms in total. The van der Waals surface area contributed by atoms with Gasteiger partial charge in [0.15, 0.2) is 5.78 Å². The van der Waals surface area contributed by atoms with Crippen LogP contribution in [0.1, 0.15) is 21.7 Å². The molecule has 1 saturated heterocycles. The standard InChI is InChI=1S/C19H24N3O.W/c1-15-13-18(16(2)22(15)17-7-5-4-6-8-17)19(23)14-21-11-9-20(3)10-12-21;/h5-8,13H,9-12,14H2,1-3H3;/q-1;. The van der Waals surface area contributed by atoms with Crippen LogP contribution in [0.5, 0.6) is 0 Å². The average Bonchev–Trinajstić information content (AvgIpc) is 2.85. The predicted molar refractivity (Wildman–Crippen MR) is 92.3 cm³/mol. The molecule has 0 N–H and O–H groups in total. The number of carbonyl (C=O) groups excluding carboxylic acids is 1. The van der Waals surface area contributed by atoms with Crippen molar-refractivity contribution in [1.82, 2.24) is 14.4 Å². The van der Waals surface area contributed by atoms with Crippen molar-refractivity contribution in [2.24, 2.45) is 0 Å². The van der Waals surface area contributed by atoms with Gasteiger partial charge in [-0.25, -0.2) is 0 Å². The summed E-state index contributed by atoms with van der Waals surface area (Å²) in [6.07, 6.45) is 0. The Hall–Kier alpha value is -1.22. The Morgan fingerprint density at radius 1 is 1.12 bits per heavy atom. The molecule has 2 heterocycles. The minimum Gasteiger partial charge on any atom is -0.341 e. The smallest absolute Gasteiger partial charge is 0.178 e. The number of rotatable bonds is 4. The Kier molecular flexibility index (Phi) is 6.56. The summed E-state index contributed by atoms with van der Waals surface area (Å²) in [5.74, 6) is 0.219. The van der Waals surface area contributed by atoms with Crippen molar-refractivity contribution in [1.29, 1.82) is 0 Å². The average molecular weight is 494 g/mol. The van der Waals surface area contributed by atoms with E-state index >= 15 is 0 Å². The van der Waals surface area contributed by atoms with E-state index in [1.807, 2.05) is 37.3 Å². The fraction of sp³-hybridized carbons (Fsp3) is 0.421. The van der Waals surface area contributed by atoms with Gasteiger partial charge in [-0.1, -0.05) is 5.69 Å². The zero-order valence-electron chi connectivity index (χ0n) is 14.6. The SMILES string of the molecule is Cc1cc(C(=O)CN2CCN(C)CC2)c(C)n1-c1cc[c-]cc1.[W]. The first-order valence-corrected chi connectivity index (χ1v) is 8.16. The van der Waals surface area contributed by atoms with Gasteiger partial charge in [-0.3, -0.25) is 9.69 Å². The van der Waals surface area contributed by atoms with E-state index in [4.69, 9.17) is 0 Å². The van der Waals surface area contributed by atoms with Crippen molar-refractivity contribution in [3.05, 3.63) is 53.3 Å². The van der Waals surface area contributed by atoms with E-state index in [0.717, 1.165) is 48.8 Å². The molecule has 1 aliphatic rings. The van der Waals surface area contributed by atoms with Crippen molar-refractivity contribution in [2.75, 3.05) is 39.8 Å². The van der Waals surface area contributed by atoms with Crippen LogP contribution in [0.25, 0.3) is 5.69 Å². The number of benzene rings is 1. The minimum absolute atomic E-state index is 0. The molecule has 3 rings (SSSR count).